The summed E-state index contributed by atoms with van der Waals surface area (Å²) in [6.07, 6.45) is 7.31. The highest BCUT2D eigenvalue weighted by molar-refractivity contribution is 5.78. The summed E-state index contributed by atoms with van der Waals surface area (Å²) in [6, 6.07) is 5.55. The molecule has 1 aliphatic rings. The molecule has 0 bridgehead atoms. The molecule has 6 nitrogen and oxygen atoms in total. The highest BCUT2D eigenvalue weighted by Crippen LogP contribution is 2.17. The van der Waals surface area contributed by atoms with E-state index in [4.69, 9.17) is 4.74 Å². The van der Waals surface area contributed by atoms with Gasteiger partial charge in [0.25, 0.3) is 0 Å². The molecule has 3 heterocycles. The first-order valence-corrected chi connectivity index (χ1v) is 7.84. The third-order valence-electron chi connectivity index (χ3n) is 3.91. The molecule has 0 aromatic carbocycles. The largest absolute Gasteiger partial charge is 0.474 e. The van der Waals surface area contributed by atoms with Crippen molar-refractivity contribution in [3.63, 3.8) is 0 Å². The van der Waals surface area contributed by atoms with Crippen molar-refractivity contribution < 1.29 is 9.53 Å². The van der Waals surface area contributed by atoms with Crippen LogP contribution in [0.2, 0.25) is 0 Å². The number of carbonyl (C=O) groups excluding carboxylic acids is 1. The fourth-order valence-electron chi connectivity index (χ4n) is 2.68. The van der Waals surface area contributed by atoms with Gasteiger partial charge < -0.3 is 9.64 Å². The molecule has 3 rings (SSSR count). The number of likely N-dealkylation sites (tertiary alicyclic amines) is 1. The van der Waals surface area contributed by atoms with Gasteiger partial charge in [-0.05, 0) is 18.6 Å². The Balaban J connectivity index is 1.49. The number of amides is 1. The van der Waals surface area contributed by atoms with Crippen molar-refractivity contribution in [1.29, 1.82) is 0 Å². The lowest BCUT2D eigenvalue weighted by atomic mass is 10.1. The standard InChI is InChI=1S/C17H20N4O2/c1-13-19-8-4-16(20-13)23-15-5-9-21(10-6-15)17(22)11-14-3-2-7-18-12-14/h2-4,7-8,12,15H,5-6,9-11H2,1H3. The van der Waals surface area contributed by atoms with Crippen LogP contribution in [0.3, 0.4) is 0 Å². The van der Waals surface area contributed by atoms with E-state index in [1.165, 1.54) is 0 Å². The van der Waals surface area contributed by atoms with Crippen LogP contribution in [0.25, 0.3) is 0 Å². The maximum Gasteiger partial charge on any atom is 0.227 e. The molecule has 6 heteroatoms. The van der Waals surface area contributed by atoms with Gasteiger partial charge in [0.05, 0.1) is 6.42 Å². The van der Waals surface area contributed by atoms with E-state index in [2.05, 4.69) is 15.0 Å². The monoisotopic (exact) mass is 312 g/mol. The lowest BCUT2D eigenvalue weighted by Gasteiger charge is -2.32. The van der Waals surface area contributed by atoms with E-state index in [1.54, 1.807) is 24.7 Å². The Morgan fingerprint density at radius 2 is 2.13 bits per heavy atom. The van der Waals surface area contributed by atoms with Gasteiger partial charge in [0.2, 0.25) is 11.8 Å². The second kappa shape index (κ2) is 7.17. The number of hydrogen-bond donors (Lipinski definition) is 0. The van der Waals surface area contributed by atoms with Gasteiger partial charge >= 0.3 is 0 Å². The van der Waals surface area contributed by atoms with Crippen molar-refractivity contribution in [1.82, 2.24) is 19.9 Å². The van der Waals surface area contributed by atoms with Gasteiger partial charge in [-0.15, -0.1) is 0 Å². The highest BCUT2D eigenvalue weighted by atomic mass is 16.5. The summed E-state index contributed by atoms with van der Waals surface area (Å²) < 4.78 is 5.88. The normalized spacial score (nSPS) is 15.4. The third kappa shape index (κ3) is 4.25. The smallest absolute Gasteiger partial charge is 0.227 e. The van der Waals surface area contributed by atoms with Crippen LogP contribution in [-0.4, -0.2) is 45.0 Å². The molecule has 1 aliphatic heterocycles. The van der Waals surface area contributed by atoms with E-state index in [1.807, 2.05) is 24.0 Å². The lowest BCUT2D eigenvalue weighted by Crippen LogP contribution is -2.42. The van der Waals surface area contributed by atoms with Crippen LogP contribution < -0.4 is 4.74 Å². The Hall–Kier alpha value is -2.50. The number of carbonyl (C=O) groups is 1. The minimum Gasteiger partial charge on any atom is -0.474 e. The van der Waals surface area contributed by atoms with Crippen LogP contribution in [0.1, 0.15) is 24.2 Å². The molecule has 0 radical (unpaired) electrons. The van der Waals surface area contributed by atoms with Crippen LogP contribution in [0, 0.1) is 6.92 Å². The van der Waals surface area contributed by atoms with Crippen molar-refractivity contribution in [2.24, 2.45) is 0 Å². The Morgan fingerprint density at radius 3 is 2.83 bits per heavy atom. The van der Waals surface area contributed by atoms with E-state index < -0.39 is 0 Å². The molecule has 0 unspecified atom stereocenters. The fraction of sp³-hybridized carbons (Fsp3) is 0.412. The van der Waals surface area contributed by atoms with Gasteiger partial charge in [-0.2, -0.15) is 4.98 Å². The molecular weight excluding hydrogens is 292 g/mol. The van der Waals surface area contributed by atoms with Gasteiger partial charge in [-0.1, -0.05) is 6.07 Å². The zero-order valence-corrected chi connectivity index (χ0v) is 13.2. The van der Waals surface area contributed by atoms with Crippen molar-refractivity contribution in [3.05, 3.63) is 48.2 Å². The van der Waals surface area contributed by atoms with Gasteiger partial charge in [-0.3, -0.25) is 9.78 Å². The minimum absolute atomic E-state index is 0.103. The van der Waals surface area contributed by atoms with Crippen molar-refractivity contribution in [3.8, 4) is 5.88 Å². The molecule has 0 atom stereocenters. The number of piperidine rings is 1. The summed E-state index contributed by atoms with van der Waals surface area (Å²) in [5, 5.41) is 0. The Bertz CT molecular complexity index is 655. The maximum atomic E-state index is 12.3. The Kier molecular flexibility index (Phi) is 4.80. The first-order chi connectivity index (χ1) is 11.2. The molecule has 0 aliphatic carbocycles. The SMILES string of the molecule is Cc1nccc(OC2CCN(C(=O)Cc3cccnc3)CC2)n1. The number of aromatic nitrogens is 3. The topological polar surface area (TPSA) is 68.2 Å². The van der Waals surface area contributed by atoms with Crippen LogP contribution in [-0.2, 0) is 11.2 Å². The number of hydrogen-bond acceptors (Lipinski definition) is 5. The third-order valence-corrected chi connectivity index (χ3v) is 3.91. The van der Waals surface area contributed by atoms with Gasteiger partial charge in [0, 0.05) is 50.6 Å². The molecule has 1 amide bonds. The lowest BCUT2D eigenvalue weighted by molar-refractivity contribution is -0.132. The molecule has 23 heavy (non-hydrogen) atoms. The average molecular weight is 312 g/mol. The summed E-state index contributed by atoms with van der Waals surface area (Å²) in [7, 11) is 0. The Labute approximate surface area is 135 Å². The number of aryl methyl sites for hydroxylation is 1. The van der Waals surface area contributed by atoms with E-state index in [0.29, 0.717) is 31.2 Å². The molecular formula is C17H20N4O2. The van der Waals surface area contributed by atoms with Crippen molar-refractivity contribution in [2.75, 3.05) is 13.1 Å². The molecule has 0 saturated carbocycles. The highest BCUT2D eigenvalue weighted by Gasteiger charge is 2.24. The number of nitrogens with zero attached hydrogens (tertiary/aromatic N) is 4. The first-order valence-electron chi connectivity index (χ1n) is 7.84. The number of ether oxygens (including phenoxy) is 1. The zero-order valence-electron chi connectivity index (χ0n) is 13.2. The fourth-order valence-corrected chi connectivity index (χ4v) is 2.68. The second-order valence-electron chi connectivity index (χ2n) is 5.68. The summed E-state index contributed by atoms with van der Waals surface area (Å²) in [5.74, 6) is 1.46. The molecule has 0 spiro atoms. The predicted octanol–water partition coefficient (Wildman–Crippen LogP) is 1.79. The molecule has 0 N–H and O–H groups in total. The van der Waals surface area contributed by atoms with Gasteiger partial charge in [0.15, 0.2) is 0 Å². The summed E-state index contributed by atoms with van der Waals surface area (Å²) >= 11 is 0. The number of rotatable bonds is 4. The van der Waals surface area contributed by atoms with Crippen molar-refractivity contribution in [2.45, 2.75) is 32.3 Å². The zero-order chi connectivity index (χ0) is 16.1. The van der Waals surface area contributed by atoms with Crippen LogP contribution in [0.5, 0.6) is 5.88 Å². The second-order valence-corrected chi connectivity index (χ2v) is 5.68. The maximum absolute atomic E-state index is 12.3. The summed E-state index contributed by atoms with van der Waals surface area (Å²) in [6.45, 7) is 3.27. The number of pyridine rings is 1. The average Bonchev–Trinajstić information content (AvgIpc) is 2.56. The molecule has 120 valence electrons. The Morgan fingerprint density at radius 1 is 1.30 bits per heavy atom. The van der Waals surface area contributed by atoms with E-state index >= 15 is 0 Å². The summed E-state index contributed by atoms with van der Waals surface area (Å²) in [4.78, 5) is 26.6. The van der Waals surface area contributed by atoms with Gasteiger partial charge in [0.1, 0.15) is 11.9 Å². The quantitative estimate of drug-likeness (QED) is 0.861. The first kappa shape index (κ1) is 15.4. The molecule has 1 fully saturated rings. The van der Waals surface area contributed by atoms with E-state index in [9.17, 15) is 4.79 Å². The van der Waals surface area contributed by atoms with Crippen LogP contribution in [0.15, 0.2) is 36.8 Å². The molecule has 1 saturated heterocycles. The van der Waals surface area contributed by atoms with E-state index in [-0.39, 0.29) is 12.0 Å². The van der Waals surface area contributed by atoms with Crippen molar-refractivity contribution >= 4 is 5.91 Å². The predicted molar refractivity (Wildman–Crippen MR) is 84.9 cm³/mol. The van der Waals surface area contributed by atoms with E-state index in [0.717, 1.165) is 18.4 Å². The molecule has 2 aromatic heterocycles. The van der Waals surface area contributed by atoms with Crippen LogP contribution in [0.4, 0.5) is 0 Å². The van der Waals surface area contributed by atoms with Gasteiger partial charge in [-0.25, -0.2) is 4.98 Å². The minimum atomic E-state index is 0.103. The molecule has 2 aromatic rings. The summed E-state index contributed by atoms with van der Waals surface area (Å²) in [5.41, 5.74) is 0.951. The van der Waals surface area contributed by atoms with Crippen LogP contribution >= 0.6 is 0 Å².